The molecule has 14 heteroatoms. The van der Waals surface area contributed by atoms with Gasteiger partial charge in [0.1, 0.15) is 5.02 Å². The van der Waals surface area contributed by atoms with Gasteiger partial charge in [-0.15, -0.1) is 5.10 Å². The number of hydrogen-bond donors (Lipinski definition) is 4. The van der Waals surface area contributed by atoms with Gasteiger partial charge in [0.15, 0.2) is 0 Å². The van der Waals surface area contributed by atoms with Crippen molar-refractivity contribution in [3.8, 4) is 0 Å². The number of nitrogens with one attached hydrogen (secondary N) is 1. The van der Waals surface area contributed by atoms with E-state index in [9.17, 15) is 18.5 Å². The maximum atomic E-state index is 10.8. The van der Waals surface area contributed by atoms with E-state index in [-0.39, 0.29) is 26.5 Å². The number of rotatable bonds is 4. The molecule has 156 valence electrons. The zero-order chi connectivity index (χ0) is 22.2. The summed E-state index contributed by atoms with van der Waals surface area (Å²) < 4.78 is 29.6. The number of nitro groups is 1. The Balaban J connectivity index is 0.000000326. The molecule has 11 nitrogen and oxygen atoms in total. The minimum absolute atomic E-state index is 0.0105. The summed E-state index contributed by atoms with van der Waals surface area (Å²) in [6.45, 7) is 1.84. The van der Waals surface area contributed by atoms with E-state index in [1.165, 1.54) is 29.7 Å². The van der Waals surface area contributed by atoms with Crippen molar-refractivity contribution in [2.75, 3.05) is 0 Å². The Morgan fingerprint density at radius 2 is 1.76 bits per heavy atom. The van der Waals surface area contributed by atoms with Crippen LogP contribution in [0.3, 0.4) is 0 Å². The Bertz CT molecular complexity index is 1040. The van der Waals surface area contributed by atoms with E-state index in [1.807, 2.05) is 6.92 Å². The lowest BCUT2D eigenvalue weighted by Gasteiger charge is -2.01. The minimum Gasteiger partial charge on any atom is -0.367 e. The monoisotopic (exact) mass is 463 g/mol. The maximum absolute atomic E-state index is 10.8. The Morgan fingerprint density at radius 1 is 1.21 bits per heavy atom. The van der Waals surface area contributed by atoms with Crippen LogP contribution in [-0.4, -0.2) is 35.3 Å². The average molecular weight is 464 g/mol. The molecule has 0 aliphatic rings. The van der Waals surface area contributed by atoms with Crippen LogP contribution in [-0.2, 0) is 10.1 Å². The van der Waals surface area contributed by atoms with Gasteiger partial charge in [-0.25, -0.2) is 5.48 Å². The molecule has 0 saturated carbocycles. The van der Waals surface area contributed by atoms with E-state index in [4.69, 9.17) is 38.7 Å². The molecule has 0 fully saturated rings. The summed E-state index contributed by atoms with van der Waals surface area (Å²) in [4.78, 5) is 10.1. The van der Waals surface area contributed by atoms with Gasteiger partial charge >= 0.3 is 0 Å². The number of hydroxylamine groups is 1. The first-order valence-electron chi connectivity index (χ1n) is 7.40. The van der Waals surface area contributed by atoms with Crippen LogP contribution < -0.4 is 11.2 Å². The normalized spacial score (nSPS) is 11.7. The SMILES string of the molecule is Cc1ccc(S(=O)(=O)O)cc1.N/C(=N\N=C\c1c(Cl)ccc(Cl)c1[N+](=O)[O-])NO. The number of benzene rings is 2. The van der Waals surface area contributed by atoms with Crippen LogP contribution in [0.25, 0.3) is 0 Å². The van der Waals surface area contributed by atoms with E-state index in [1.54, 1.807) is 12.1 Å². The highest BCUT2D eigenvalue weighted by molar-refractivity contribution is 7.85. The van der Waals surface area contributed by atoms with Gasteiger partial charge in [-0.2, -0.15) is 13.5 Å². The molecule has 0 atom stereocenters. The minimum atomic E-state index is -4.02. The third kappa shape index (κ3) is 7.63. The van der Waals surface area contributed by atoms with Gasteiger partial charge in [-0.3, -0.25) is 19.9 Å². The van der Waals surface area contributed by atoms with Gasteiger partial charge < -0.3 is 5.73 Å². The van der Waals surface area contributed by atoms with E-state index in [0.717, 1.165) is 11.8 Å². The van der Waals surface area contributed by atoms with Crippen molar-refractivity contribution in [1.29, 1.82) is 0 Å². The molecule has 2 aromatic carbocycles. The predicted octanol–water partition coefficient (Wildman–Crippen LogP) is 2.77. The number of nitrogens with two attached hydrogens (primary N) is 1. The molecular weight excluding hydrogens is 449 g/mol. The van der Waals surface area contributed by atoms with Gasteiger partial charge in [0, 0.05) is 0 Å². The number of halogens is 2. The fourth-order valence-electron chi connectivity index (χ4n) is 1.75. The van der Waals surface area contributed by atoms with Crippen LogP contribution >= 0.6 is 23.2 Å². The summed E-state index contributed by atoms with van der Waals surface area (Å²) in [5, 5.41) is 25.9. The van der Waals surface area contributed by atoms with Gasteiger partial charge in [0.2, 0.25) is 5.96 Å². The fourth-order valence-corrected chi connectivity index (χ4v) is 2.66. The van der Waals surface area contributed by atoms with Crippen molar-refractivity contribution >= 4 is 51.2 Å². The summed E-state index contributed by atoms with van der Waals surface area (Å²) >= 11 is 11.5. The largest absolute Gasteiger partial charge is 0.367 e. The molecular formula is C15H15Cl2N5O6S. The van der Waals surface area contributed by atoms with Crippen LogP contribution in [0.2, 0.25) is 10.0 Å². The molecule has 0 aliphatic carbocycles. The molecule has 0 aromatic heterocycles. The third-order valence-corrected chi connectivity index (χ3v) is 4.59. The van der Waals surface area contributed by atoms with Crippen molar-refractivity contribution in [3.63, 3.8) is 0 Å². The number of guanidine groups is 1. The molecule has 2 rings (SSSR count). The first-order chi connectivity index (χ1) is 13.5. The van der Waals surface area contributed by atoms with Crippen molar-refractivity contribution in [1.82, 2.24) is 5.48 Å². The average Bonchev–Trinajstić information content (AvgIpc) is 2.64. The second kappa shape index (κ2) is 10.7. The molecule has 0 unspecified atom stereocenters. The standard InChI is InChI=1S/C8H7Cl2N5O3.C7H8O3S/c9-5-1-2-6(10)7(15(17)18)4(5)3-12-13-8(11)14-16;1-6-2-4-7(5-3-6)11(8,9)10/h1-3,16H,(H3,11,13,14);2-5H,1H3,(H,8,9,10)/b12-3+;. The maximum Gasteiger partial charge on any atom is 0.298 e. The third-order valence-electron chi connectivity index (χ3n) is 3.08. The van der Waals surface area contributed by atoms with Gasteiger partial charge in [-0.05, 0) is 31.2 Å². The Labute approximate surface area is 175 Å². The highest BCUT2D eigenvalue weighted by Crippen LogP contribution is 2.32. The van der Waals surface area contributed by atoms with E-state index in [0.29, 0.717) is 0 Å². The van der Waals surface area contributed by atoms with E-state index >= 15 is 0 Å². The first-order valence-corrected chi connectivity index (χ1v) is 9.60. The summed E-state index contributed by atoms with van der Waals surface area (Å²) in [6.07, 6.45) is 1.01. The number of aryl methyl sites for hydroxylation is 1. The lowest BCUT2D eigenvalue weighted by atomic mass is 10.2. The van der Waals surface area contributed by atoms with Crippen molar-refractivity contribution in [2.24, 2.45) is 15.9 Å². The van der Waals surface area contributed by atoms with Crippen LogP contribution in [0.15, 0.2) is 51.5 Å². The molecule has 0 heterocycles. The lowest BCUT2D eigenvalue weighted by molar-refractivity contribution is -0.384. The predicted molar refractivity (Wildman–Crippen MR) is 108 cm³/mol. The summed E-state index contributed by atoms with van der Waals surface area (Å²) in [5.41, 5.74) is 7.18. The molecule has 5 N–H and O–H groups in total. The van der Waals surface area contributed by atoms with E-state index in [2.05, 4.69) is 10.2 Å². The summed E-state index contributed by atoms with van der Waals surface area (Å²) in [6, 6.07) is 8.67. The molecule has 29 heavy (non-hydrogen) atoms. The quantitative estimate of drug-likeness (QED) is 0.175. The molecule has 0 bridgehead atoms. The first kappa shape index (κ1) is 24.3. The Kier molecular flexibility index (Phi) is 8.94. The molecule has 2 aromatic rings. The van der Waals surface area contributed by atoms with Crippen LogP contribution in [0.5, 0.6) is 0 Å². The van der Waals surface area contributed by atoms with Gasteiger partial charge in [0.05, 0.1) is 26.6 Å². The molecule has 0 aliphatic heterocycles. The number of nitro benzene ring substituents is 1. The molecule has 0 radical (unpaired) electrons. The van der Waals surface area contributed by atoms with Crippen LogP contribution in [0.4, 0.5) is 5.69 Å². The van der Waals surface area contributed by atoms with Crippen molar-refractivity contribution < 1.29 is 23.1 Å². The van der Waals surface area contributed by atoms with Crippen molar-refractivity contribution in [3.05, 3.63) is 67.7 Å². The second-order valence-corrected chi connectivity index (χ2v) is 7.41. The number of nitrogens with zero attached hydrogens (tertiary/aromatic N) is 3. The Morgan fingerprint density at radius 3 is 2.24 bits per heavy atom. The van der Waals surface area contributed by atoms with Crippen LogP contribution in [0, 0.1) is 17.0 Å². The molecule has 0 saturated heterocycles. The van der Waals surface area contributed by atoms with E-state index < -0.39 is 20.7 Å². The summed E-state index contributed by atoms with van der Waals surface area (Å²) in [7, 11) is -4.02. The topological polar surface area (TPSA) is 181 Å². The smallest absolute Gasteiger partial charge is 0.298 e. The number of hydrogen-bond acceptors (Lipinski definition) is 7. The van der Waals surface area contributed by atoms with Gasteiger partial charge in [-0.1, -0.05) is 40.9 Å². The lowest BCUT2D eigenvalue weighted by Crippen LogP contribution is -2.27. The second-order valence-electron chi connectivity index (χ2n) is 5.18. The molecule has 0 amide bonds. The Hall–Kier alpha value is -2.77. The zero-order valence-electron chi connectivity index (χ0n) is 14.7. The van der Waals surface area contributed by atoms with Gasteiger partial charge in [0.25, 0.3) is 15.8 Å². The zero-order valence-corrected chi connectivity index (χ0v) is 17.0. The highest BCUT2D eigenvalue weighted by Gasteiger charge is 2.20. The van der Waals surface area contributed by atoms with Crippen LogP contribution in [0.1, 0.15) is 11.1 Å². The molecule has 0 spiro atoms. The fraction of sp³-hybridized carbons (Fsp3) is 0.0667. The summed E-state index contributed by atoms with van der Waals surface area (Å²) in [5.74, 6) is -0.382. The van der Waals surface area contributed by atoms with Crippen molar-refractivity contribution in [2.45, 2.75) is 11.8 Å². The highest BCUT2D eigenvalue weighted by atomic mass is 35.5.